The van der Waals surface area contributed by atoms with E-state index in [1.807, 2.05) is 57.2 Å². The molecule has 2 aromatic carbocycles. The second-order valence-corrected chi connectivity index (χ2v) is 14.7. The Balaban J connectivity index is 1.25. The van der Waals surface area contributed by atoms with Gasteiger partial charge in [-0.15, -0.1) is 11.3 Å². The van der Waals surface area contributed by atoms with Crippen LogP contribution in [0.3, 0.4) is 0 Å². The lowest BCUT2D eigenvalue weighted by Gasteiger charge is -2.36. The van der Waals surface area contributed by atoms with Crippen LogP contribution in [0.25, 0.3) is 0 Å². The number of carboxylic acids is 1. The standard InChI is InChI=1S/C36H48FN3O3S/c1-6-31-33(44-32(38-31)19-24-11-13-29(14-12-24)43-7-2)25-15-17-39(18-16-25)21-27-22-40(34(35(41)42)36(3,4)5)23-30(27)26-9-8-10-28(37)20-26/h8-14,20,25,27,30,34H,6-7,15-19,21-23H2,1-5H3,(H,41,42)/t27-,30+,34-/m0/s1. The van der Waals surface area contributed by atoms with E-state index >= 15 is 0 Å². The van der Waals surface area contributed by atoms with Crippen LogP contribution in [0.4, 0.5) is 4.39 Å². The summed E-state index contributed by atoms with van der Waals surface area (Å²) in [7, 11) is 0. The molecule has 2 saturated heterocycles. The molecule has 2 fully saturated rings. The van der Waals surface area contributed by atoms with Gasteiger partial charge in [0.15, 0.2) is 0 Å². The average Bonchev–Trinajstić information content (AvgIpc) is 3.57. The molecule has 0 aliphatic carbocycles. The van der Waals surface area contributed by atoms with Gasteiger partial charge in [0.1, 0.15) is 17.6 Å². The number of rotatable bonds is 11. The van der Waals surface area contributed by atoms with E-state index in [1.54, 1.807) is 12.1 Å². The Kier molecular flexibility index (Phi) is 10.4. The molecule has 1 aromatic heterocycles. The Bertz CT molecular complexity index is 1390. The number of thiazole rings is 1. The fourth-order valence-corrected chi connectivity index (χ4v) is 8.66. The molecule has 238 valence electrons. The fourth-order valence-electron chi connectivity index (χ4n) is 7.31. The second-order valence-electron chi connectivity index (χ2n) is 13.6. The van der Waals surface area contributed by atoms with Crippen molar-refractivity contribution >= 4 is 17.3 Å². The van der Waals surface area contributed by atoms with Crippen molar-refractivity contribution in [2.45, 2.75) is 78.2 Å². The summed E-state index contributed by atoms with van der Waals surface area (Å²) < 4.78 is 19.9. The molecule has 8 heteroatoms. The molecule has 1 N–H and O–H groups in total. The molecule has 0 bridgehead atoms. The van der Waals surface area contributed by atoms with Crippen molar-refractivity contribution in [3.63, 3.8) is 0 Å². The number of piperidine rings is 1. The maximum Gasteiger partial charge on any atom is 0.321 e. The average molecular weight is 622 g/mol. The van der Waals surface area contributed by atoms with E-state index in [2.05, 4.69) is 28.9 Å². The SMILES string of the molecule is CCOc1ccc(Cc2nc(CC)c(C3CCN(C[C@H]4CN([C@@H](C(=O)O)C(C)(C)C)C[C@@H]4c4cccc(F)c4)CC3)s2)cc1. The molecule has 3 atom stereocenters. The second kappa shape index (κ2) is 14.1. The molecule has 44 heavy (non-hydrogen) atoms. The molecular weight excluding hydrogens is 573 g/mol. The molecule has 6 nitrogen and oxygen atoms in total. The minimum absolute atomic E-state index is 0.103. The van der Waals surface area contributed by atoms with Crippen LogP contribution >= 0.6 is 11.3 Å². The van der Waals surface area contributed by atoms with Crippen LogP contribution in [0.5, 0.6) is 5.75 Å². The van der Waals surface area contributed by atoms with E-state index in [0.29, 0.717) is 25.6 Å². The summed E-state index contributed by atoms with van der Waals surface area (Å²) in [6.07, 6.45) is 3.98. The highest BCUT2D eigenvalue weighted by Crippen LogP contribution is 2.40. The molecule has 2 aliphatic heterocycles. The van der Waals surface area contributed by atoms with E-state index in [4.69, 9.17) is 9.72 Å². The molecule has 0 spiro atoms. The summed E-state index contributed by atoms with van der Waals surface area (Å²) in [5.41, 5.74) is 3.07. The maximum absolute atomic E-state index is 14.3. The third kappa shape index (κ3) is 7.69. The number of carboxylic acid groups (broad SMARTS) is 1. The number of aliphatic carboxylic acids is 1. The van der Waals surface area contributed by atoms with Gasteiger partial charge in [0.25, 0.3) is 0 Å². The zero-order chi connectivity index (χ0) is 31.4. The minimum atomic E-state index is -0.782. The van der Waals surface area contributed by atoms with Gasteiger partial charge in [0, 0.05) is 36.9 Å². The van der Waals surface area contributed by atoms with Crippen LogP contribution in [0, 0.1) is 17.2 Å². The van der Waals surface area contributed by atoms with E-state index in [9.17, 15) is 14.3 Å². The number of benzene rings is 2. The highest BCUT2D eigenvalue weighted by Gasteiger charge is 2.44. The topological polar surface area (TPSA) is 65.9 Å². The number of aromatic nitrogens is 1. The Morgan fingerprint density at radius 3 is 2.45 bits per heavy atom. The van der Waals surface area contributed by atoms with Crippen molar-refractivity contribution in [2.75, 3.05) is 39.3 Å². The van der Waals surface area contributed by atoms with Gasteiger partial charge in [-0.2, -0.15) is 0 Å². The highest BCUT2D eigenvalue weighted by atomic mass is 32.1. The molecule has 5 rings (SSSR count). The van der Waals surface area contributed by atoms with Crippen molar-refractivity contribution in [1.82, 2.24) is 14.8 Å². The third-order valence-electron chi connectivity index (χ3n) is 9.31. The van der Waals surface area contributed by atoms with Crippen LogP contribution in [0.1, 0.15) is 86.0 Å². The van der Waals surface area contributed by atoms with Crippen molar-refractivity contribution in [1.29, 1.82) is 0 Å². The monoisotopic (exact) mass is 621 g/mol. The number of halogens is 1. The van der Waals surface area contributed by atoms with Gasteiger partial charge in [0.05, 0.1) is 17.3 Å². The molecule has 3 heterocycles. The molecule has 0 amide bonds. The van der Waals surface area contributed by atoms with Crippen LogP contribution in [0.15, 0.2) is 48.5 Å². The maximum atomic E-state index is 14.3. The van der Waals surface area contributed by atoms with E-state index in [0.717, 1.165) is 56.6 Å². The molecule has 0 unspecified atom stereocenters. The smallest absolute Gasteiger partial charge is 0.321 e. The van der Waals surface area contributed by atoms with Crippen molar-refractivity contribution in [3.05, 3.63) is 81.1 Å². The largest absolute Gasteiger partial charge is 0.494 e. The van der Waals surface area contributed by atoms with Gasteiger partial charge in [-0.3, -0.25) is 9.69 Å². The number of ether oxygens (including phenoxy) is 1. The first-order chi connectivity index (χ1) is 21.0. The minimum Gasteiger partial charge on any atom is -0.494 e. The number of carbonyl (C=O) groups is 1. The van der Waals surface area contributed by atoms with E-state index < -0.39 is 17.4 Å². The predicted octanol–water partition coefficient (Wildman–Crippen LogP) is 7.23. The third-order valence-corrected chi connectivity index (χ3v) is 10.6. The molecule has 3 aromatic rings. The van der Waals surface area contributed by atoms with E-state index in [-0.39, 0.29) is 17.7 Å². The summed E-state index contributed by atoms with van der Waals surface area (Å²) >= 11 is 1.88. The van der Waals surface area contributed by atoms with Crippen molar-refractivity contribution < 1.29 is 19.0 Å². The van der Waals surface area contributed by atoms with Gasteiger partial charge in [-0.05, 0) is 91.9 Å². The lowest BCUT2D eigenvalue weighted by atomic mass is 9.85. The number of hydrogen-bond donors (Lipinski definition) is 1. The quantitative estimate of drug-likeness (QED) is 0.244. The summed E-state index contributed by atoms with van der Waals surface area (Å²) in [5, 5.41) is 11.3. The number of likely N-dealkylation sites (tertiary alicyclic amines) is 2. The lowest BCUT2D eigenvalue weighted by Crippen LogP contribution is -2.48. The summed E-state index contributed by atoms with van der Waals surface area (Å²) in [6, 6.07) is 14.7. The van der Waals surface area contributed by atoms with Crippen LogP contribution in [0.2, 0.25) is 0 Å². The Morgan fingerprint density at radius 1 is 1.11 bits per heavy atom. The van der Waals surface area contributed by atoms with Gasteiger partial charge in [0.2, 0.25) is 0 Å². The zero-order valence-electron chi connectivity index (χ0n) is 26.9. The normalized spacial score (nSPS) is 21.0. The first-order valence-corrected chi connectivity index (χ1v) is 17.0. The first kappa shape index (κ1) is 32.6. The number of aryl methyl sites for hydroxylation is 1. The molecule has 2 aliphatic rings. The van der Waals surface area contributed by atoms with Crippen molar-refractivity contribution in [3.8, 4) is 5.75 Å². The number of nitrogens with zero attached hydrogens (tertiary/aromatic N) is 3. The van der Waals surface area contributed by atoms with Gasteiger partial charge >= 0.3 is 5.97 Å². The van der Waals surface area contributed by atoms with Crippen molar-refractivity contribution in [2.24, 2.45) is 11.3 Å². The summed E-state index contributed by atoms with van der Waals surface area (Å²) in [4.78, 5) is 23.6. The van der Waals surface area contributed by atoms with Gasteiger partial charge in [-0.25, -0.2) is 9.37 Å². The Morgan fingerprint density at radius 2 is 1.84 bits per heavy atom. The Hall–Kier alpha value is -2.81. The predicted molar refractivity (Wildman–Crippen MR) is 175 cm³/mol. The van der Waals surface area contributed by atoms with Crippen LogP contribution in [-0.2, 0) is 17.6 Å². The highest BCUT2D eigenvalue weighted by molar-refractivity contribution is 7.11. The lowest BCUT2D eigenvalue weighted by molar-refractivity contribution is -0.147. The molecule has 0 radical (unpaired) electrons. The Labute approximate surface area is 266 Å². The summed E-state index contributed by atoms with van der Waals surface area (Å²) in [6.45, 7) is 15.1. The van der Waals surface area contributed by atoms with Crippen LogP contribution < -0.4 is 4.74 Å². The van der Waals surface area contributed by atoms with E-state index in [1.165, 1.54) is 27.2 Å². The molecular formula is C36H48FN3O3S. The van der Waals surface area contributed by atoms with Gasteiger partial charge < -0.3 is 14.7 Å². The summed E-state index contributed by atoms with van der Waals surface area (Å²) in [5.74, 6) is 0.753. The first-order valence-electron chi connectivity index (χ1n) is 16.2. The number of hydrogen-bond acceptors (Lipinski definition) is 6. The fraction of sp³-hybridized carbons (Fsp3) is 0.556. The molecule has 0 saturated carbocycles. The van der Waals surface area contributed by atoms with Crippen LogP contribution in [-0.4, -0.2) is 71.2 Å². The van der Waals surface area contributed by atoms with Gasteiger partial charge in [-0.1, -0.05) is 52.0 Å². The zero-order valence-corrected chi connectivity index (χ0v) is 27.7.